The van der Waals surface area contributed by atoms with Gasteiger partial charge in [-0.05, 0) is 49.8 Å². The Labute approximate surface area is 249 Å². The first kappa shape index (κ1) is 35.1. The Balaban J connectivity index is 2.41. The molecule has 1 heterocycles. The summed E-state index contributed by atoms with van der Waals surface area (Å²) in [6.07, 6.45) is 5.95. The molecule has 0 spiro atoms. The Morgan fingerprint density at radius 1 is 1.21 bits per heavy atom. The van der Waals surface area contributed by atoms with Crippen molar-refractivity contribution in [2.75, 3.05) is 14.2 Å². The zero-order valence-electron chi connectivity index (χ0n) is 25.5. The predicted molar refractivity (Wildman–Crippen MR) is 158 cm³/mol. The van der Waals surface area contributed by atoms with E-state index in [-0.39, 0.29) is 19.3 Å². The van der Waals surface area contributed by atoms with Crippen molar-refractivity contribution in [3.05, 3.63) is 72.4 Å². The molecule has 0 unspecified atom stereocenters. The van der Waals surface area contributed by atoms with Crippen molar-refractivity contribution in [1.29, 1.82) is 0 Å². The van der Waals surface area contributed by atoms with Gasteiger partial charge in [-0.3, -0.25) is 9.59 Å². The largest absolute Gasteiger partial charge is 0.466 e. The highest BCUT2D eigenvalue weighted by molar-refractivity contribution is 5.83. The van der Waals surface area contributed by atoms with Crippen LogP contribution < -0.4 is 0 Å². The lowest BCUT2D eigenvalue weighted by Gasteiger charge is -2.53. The smallest absolute Gasteiger partial charge is 0.330 e. The minimum absolute atomic E-state index is 0.134. The van der Waals surface area contributed by atoms with Crippen LogP contribution in [-0.4, -0.2) is 67.8 Å². The third-order valence-electron chi connectivity index (χ3n) is 7.47. The SMILES string of the molecule is C=CCCCCC(=O)O[C@H]1/C(=C/C(=O)OC)C[C@@H](C[C@@H](O)[C@@H](C)OCc2ccccc2)O[C@@]1(OC)C(C)(C)/C=C/C=O. The number of rotatable bonds is 17. The van der Waals surface area contributed by atoms with Crippen LogP contribution in [0.1, 0.15) is 64.9 Å². The molecule has 1 aromatic rings. The van der Waals surface area contributed by atoms with Crippen LogP contribution in [-0.2, 0) is 44.7 Å². The van der Waals surface area contributed by atoms with Gasteiger partial charge >= 0.3 is 11.9 Å². The van der Waals surface area contributed by atoms with Gasteiger partial charge in [0.1, 0.15) is 6.29 Å². The average Bonchev–Trinajstić information content (AvgIpc) is 2.98. The van der Waals surface area contributed by atoms with Crippen LogP contribution >= 0.6 is 0 Å². The van der Waals surface area contributed by atoms with E-state index in [9.17, 15) is 19.5 Å². The number of methoxy groups -OCH3 is 2. The van der Waals surface area contributed by atoms with E-state index < -0.39 is 47.6 Å². The summed E-state index contributed by atoms with van der Waals surface area (Å²) in [7, 11) is 2.67. The lowest BCUT2D eigenvalue weighted by atomic mass is 9.74. The summed E-state index contributed by atoms with van der Waals surface area (Å²) in [6.45, 7) is 9.37. The number of hydrogen-bond acceptors (Lipinski definition) is 9. The number of aldehydes is 1. The number of aliphatic hydroxyl groups is 1. The Bertz CT molecular complexity index is 1080. The summed E-state index contributed by atoms with van der Waals surface area (Å²) < 4.78 is 29.4. The molecule has 0 aliphatic carbocycles. The van der Waals surface area contributed by atoms with Crippen molar-refractivity contribution in [2.24, 2.45) is 5.41 Å². The Kier molecular flexibility index (Phi) is 14.3. The number of carbonyl (C=O) groups is 3. The highest BCUT2D eigenvalue weighted by Gasteiger charge is 2.59. The summed E-state index contributed by atoms with van der Waals surface area (Å²) in [5, 5.41) is 11.1. The molecule has 1 saturated heterocycles. The van der Waals surface area contributed by atoms with Gasteiger partial charge in [-0.15, -0.1) is 6.58 Å². The number of ether oxygens (including phenoxy) is 5. The van der Waals surface area contributed by atoms with Gasteiger partial charge in [0.15, 0.2) is 6.10 Å². The molecule has 0 aromatic heterocycles. The Morgan fingerprint density at radius 3 is 2.55 bits per heavy atom. The lowest BCUT2D eigenvalue weighted by Crippen LogP contribution is -2.63. The van der Waals surface area contributed by atoms with Crippen molar-refractivity contribution in [3.8, 4) is 0 Å². The molecule has 5 atom stereocenters. The fourth-order valence-corrected chi connectivity index (χ4v) is 5.02. The number of allylic oxidation sites excluding steroid dienone is 2. The van der Waals surface area contributed by atoms with E-state index in [0.717, 1.165) is 18.4 Å². The number of esters is 2. The second kappa shape index (κ2) is 17.1. The molecule has 42 heavy (non-hydrogen) atoms. The maximum absolute atomic E-state index is 13.0. The minimum Gasteiger partial charge on any atom is -0.466 e. The molecular weight excluding hydrogens is 540 g/mol. The van der Waals surface area contributed by atoms with Crippen molar-refractivity contribution in [3.63, 3.8) is 0 Å². The molecule has 1 aliphatic rings. The van der Waals surface area contributed by atoms with E-state index in [1.807, 2.05) is 30.3 Å². The Hall–Kier alpha value is -3.11. The van der Waals surface area contributed by atoms with Crippen molar-refractivity contribution in [2.45, 2.75) is 96.1 Å². The van der Waals surface area contributed by atoms with Gasteiger partial charge in [0.05, 0.1) is 32.0 Å². The van der Waals surface area contributed by atoms with Gasteiger partial charge in [0, 0.05) is 31.4 Å². The van der Waals surface area contributed by atoms with Crippen LogP contribution in [0.5, 0.6) is 0 Å². The molecule has 1 aliphatic heterocycles. The second-order valence-corrected chi connectivity index (χ2v) is 11.0. The summed E-state index contributed by atoms with van der Waals surface area (Å²) in [4.78, 5) is 36.8. The van der Waals surface area contributed by atoms with E-state index >= 15 is 0 Å². The van der Waals surface area contributed by atoms with E-state index in [2.05, 4.69) is 6.58 Å². The van der Waals surface area contributed by atoms with Crippen LogP contribution in [0.15, 0.2) is 66.8 Å². The van der Waals surface area contributed by atoms with Gasteiger partial charge in [0.25, 0.3) is 0 Å². The first-order valence-corrected chi connectivity index (χ1v) is 14.3. The number of aliphatic hydroxyl groups excluding tert-OH is 1. The van der Waals surface area contributed by atoms with Crippen molar-refractivity contribution in [1.82, 2.24) is 0 Å². The van der Waals surface area contributed by atoms with Gasteiger partial charge in [-0.1, -0.05) is 56.3 Å². The standard InChI is InChI=1S/C33H46O9/c1-7-8-9-13-17-29(36)41-31-26(21-30(37)38-5)20-27(42-33(31,39-6)32(3,4)18-14-19-34)22-28(35)24(2)40-23-25-15-11-10-12-16-25/h7,10-12,14-16,18-19,21,24,27-28,31,35H,1,8-9,13,17,20,22-23H2,2-6H3/b18-14+,26-21+/t24-,27+,28-,31+,33-/m1/s1. The van der Waals surface area contributed by atoms with Crippen molar-refractivity contribution >= 4 is 18.2 Å². The quantitative estimate of drug-likeness (QED) is 0.0883. The topological polar surface area (TPSA) is 118 Å². The van der Waals surface area contributed by atoms with Crippen LogP contribution in [0.25, 0.3) is 0 Å². The van der Waals surface area contributed by atoms with E-state index in [1.165, 1.54) is 26.4 Å². The van der Waals surface area contributed by atoms with Crippen LogP contribution in [0, 0.1) is 5.41 Å². The Morgan fingerprint density at radius 2 is 1.93 bits per heavy atom. The van der Waals surface area contributed by atoms with Gasteiger partial charge in [0.2, 0.25) is 5.79 Å². The molecule has 0 amide bonds. The third kappa shape index (κ3) is 9.73. The molecule has 2 rings (SSSR count). The van der Waals surface area contributed by atoms with E-state index in [1.54, 1.807) is 32.9 Å². The molecule has 9 heteroatoms. The summed E-state index contributed by atoms with van der Waals surface area (Å²) in [5.74, 6) is -2.77. The molecule has 1 aromatic carbocycles. The fourth-order valence-electron chi connectivity index (χ4n) is 5.02. The zero-order valence-corrected chi connectivity index (χ0v) is 25.5. The normalized spacial score (nSPS) is 23.3. The van der Waals surface area contributed by atoms with Gasteiger partial charge in [-0.2, -0.15) is 0 Å². The van der Waals surface area contributed by atoms with Crippen LogP contribution in [0.4, 0.5) is 0 Å². The van der Waals surface area contributed by atoms with E-state index in [0.29, 0.717) is 24.9 Å². The highest BCUT2D eigenvalue weighted by Crippen LogP contribution is 2.48. The molecule has 0 radical (unpaired) electrons. The molecular formula is C33H46O9. The number of carbonyl (C=O) groups excluding carboxylic acids is 3. The average molecular weight is 587 g/mol. The van der Waals surface area contributed by atoms with Gasteiger partial charge < -0.3 is 28.8 Å². The first-order valence-electron chi connectivity index (χ1n) is 14.3. The summed E-state index contributed by atoms with van der Waals surface area (Å²) in [5.41, 5.74) is 0.354. The fraction of sp³-hybridized carbons (Fsp3) is 0.545. The number of hydrogen-bond donors (Lipinski definition) is 1. The molecule has 1 N–H and O–H groups in total. The molecule has 0 saturated carbocycles. The minimum atomic E-state index is -1.65. The second-order valence-electron chi connectivity index (χ2n) is 11.0. The monoisotopic (exact) mass is 586 g/mol. The van der Waals surface area contributed by atoms with Crippen LogP contribution in [0.2, 0.25) is 0 Å². The van der Waals surface area contributed by atoms with E-state index in [4.69, 9.17) is 23.7 Å². The summed E-state index contributed by atoms with van der Waals surface area (Å²) in [6, 6.07) is 9.63. The summed E-state index contributed by atoms with van der Waals surface area (Å²) >= 11 is 0. The molecule has 9 nitrogen and oxygen atoms in total. The number of benzene rings is 1. The van der Waals surface area contributed by atoms with Crippen LogP contribution in [0.3, 0.4) is 0 Å². The maximum atomic E-state index is 13.0. The first-order chi connectivity index (χ1) is 20.0. The predicted octanol–water partition coefficient (Wildman–Crippen LogP) is 5.01. The van der Waals surface area contributed by atoms with Crippen molar-refractivity contribution < 1.29 is 43.2 Å². The lowest BCUT2D eigenvalue weighted by molar-refractivity contribution is -0.338. The molecule has 0 bridgehead atoms. The highest BCUT2D eigenvalue weighted by atomic mass is 16.7. The molecule has 232 valence electrons. The number of unbranched alkanes of at least 4 members (excludes halogenated alkanes) is 2. The van der Waals surface area contributed by atoms with Gasteiger partial charge in [-0.25, -0.2) is 4.79 Å². The zero-order chi connectivity index (χ0) is 31.2. The third-order valence-corrected chi connectivity index (χ3v) is 7.47. The molecule has 1 fully saturated rings. The maximum Gasteiger partial charge on any atom is 0.330 e.